The molecule has 0 spiro atoms. The average Bonchev–Trinajstić information content (AvgIpc) is 3.40. The van der Waals surface area contributed by atoms with Gasteiger partial charge in [-0.3, -0.25) is 4.79 Å². The highest BCUT2D eigenvalue weighted by atomic mass is 16.7. The summed E-state index contributed by atoms with van der Waals surface area (Å²) in [5.74, 6) is -0.233. The van der Waals surface area contributed by atoms with E-state index in [0.717, 1.165) is 38.5 Å². The van der Waals surface area contributed by atoms with Gasteiger partial charge in [0.25, 0.3) is 0 Å². The monoisotopic (exact) mass is 1060 g/mol. The third-order valence-electron chi connectivity index (χ3n) is 15.5. The Morgan fingerprint density at radius 1 is 0.473 bits per heavy atom. The Kier molecular flexibility index (Phi) is 43.4. The second kappa shape index (κ2) is 46.6. The van der Waals surface area contributed by atoms with E-state index >= 15 is 0 Å². The van der Waals surface area contributed by atoms with E-state index in [-0.39, 0.29) is 18.9 Å². The summed E-state index contributed by atoms with van der Waals surface area (Å²) in [6.45, 7) is 2.83. The van der Waals surface area contributed by atoms with Crippen molar-refractivity contribution in [3.8, 4) is 0 Å². The van der Waals surface area contributed by atoms with E-state index < -0.39 is 86.8 Å². The summed E-state index contributed by atoms with van der Waals surface area (Å²) >= 11 is 0. The fourth-order valence-electron chi connectivity index (χ4n) is 10.5. The van der Waals surface area contributed by atoms with Crippen LogP contribution >= 0.6 is 0 Å². The lowest BCUT2D eigenvalue weighted by atomic mass is 9.97. The topological polar surface area (TPSA) is 228 Å². The summed E-state index contributed by atoms with van der Waals surface area (Å²) in [5.41, 5.74) is 0. The Balaban J connectivity index is 1.73. The number of carbonyl (C=O) groups excluding carboxylic acids is 1. The summed E-state index contributed by atoms with van der Waals surface area (Å²) in [6, 6.07) is -0.909. The van der Waals surface area contributed by atoms with Crippen molar-refractivity contribution in [3.05, 3.63) is 12.2 Å². The van der Waals surface area contributed by atoms with Crippen molar-refractivity contribution < 1.29 is 64.6 Å². The second-order valence-corrected chi connectivity index (χ2v) is 22.2. The van der Waals surface area contributed by atoms with Gasteiger partial charge in [0.2, 0.25) is 5.91 Å². The first kappa shape index (κ1) is 68.8. The molecule has 14 nitrogen and oxygen atoms in total. The minimum absolute atomic E-state index is 0.233. The van der Waals surface area contributed by atoms with Crippen molar-refractivity contribution in [1.29, 1.82) is 0 Å². The largest absolute Gasteiger partial charge is 0.394 e. The number of nitrogens with one attached hydrogen (secondary N) is 1. The van der Waals surface area contributed by atoms with E-state index in [2.05, 4.69) is 19.2 Å². The van der Waals surface area contributed by atoms with Gasteiger partial charge in [-0.25, -0.2) is 0 Å². The number of amides is 1. The summed E-state index contributed by atoms with van der Waals surface area (Å²) < 4.78 is 22.8. The van der Waals surface area contributed by atoms with Crippen molar-refractivity contribution in [2.24, 2.45) is 0 Å². The van der Waals surface area contributed by atoms with Crippen molar-refractivity contribution in [3.63, 3.8) is 0 Å². The van der Waals surface area contributed by atoms with Crippen molar-refractivity contribution >= 4 is 5.91 Å². The van der Waals surface area contributed by atoms with Crippen molar-refractivity contribution in [2.75, 3.05) is 19.8 Å². The van der Waals surface area contributed by atoms with Crippen LogP contribution in [-0.2, 0) is 23.7 Å². The number of aliphatic hydroxyl groups is 8. The molecule has 1 amide bonds. The van der Waals surface area contributed by atoms with Crippen LogP contribution in [0.3, 0.4) is 0 Å². The van der Waals surface area contributed by atoms with Gasteiger partial charge in [-0.15, -0.1) is 0 Å². The number of rotatable bonds is 50. The Labute approximate surface area is 450 Å². The van der Waals surface area contributed by atoms with Gasteiger partial charge in [-0.1, -0.05) is 257 Å². The Morgan fingerprint density at radius 3 is 1.24 bits per heavy atom. The van der Waals surface area contributed by atoms with Gasteiger partial charge in [0.15, 0.2) is 12.6 Å². The molecule has 0 saturated carbocycles. The van der Waals surface area contributed by atoms with Gasteiger partial charge in [0, 0.05) is 6.42 Å². The highest BCUT2D eigenvalue weighted by Gasteiger charge is 2.51. The van der Waals surface area contributed by atoms with Gasteiger partial charge in [0.05, 0.1) is 32.0 Å². The van der Waals surface area contributed by atoms with Gasteiger partial charge in [-0.2, -0.15) is 0 Å². The minimum Gasteiger partial charge on any atom is -0.394 e. The van der Waals surface area contributed by atoms with Crippen LogP contribution in [0.4, 0.5) is 0 Å². The van der Waals surface area contributed by atoms with E-state index in [9.17, 15) is 45.6 Å². The maximum atomic E-state index is 13.3. The molecule has 0 radical (unpaired) electrons. The maximum absolute atomic E-state index is 13.3. The van der Waals surface area contributed by atoms with Gasteiger partial charge in [0.1, 0.15) is 48.8 Å². The molecular weight excluding hydrogens is 943 g/mol. The van der Waals surface area contributed by atoms with Crippen molar-refractivity contribution in [2.45, 2.75) is 344 Å². The first-order valence-corrected chi connectivity index (χ1v) is 30.9. The number of allylic oxidation sites excluding steroid dienone is 1. The first-order valence-electron chi connectivity index (χ1n) is 30.9. The molecule has 438 valence electrons. The minimum atomic E-state index is -1.79. The number of carbonyl (C=O) groups is 1. The van der Waals surface area contributed by atoms with Crippen molar-refractivity contribution in [1.82, 2.24) is 5.32 Å². The molecule has 2 saturated heterocycles. The van der Waals surface area contributed by atoms with E-state index in [0.29, 0.717) is 6.42 Å². The van der Waals surface area contributed by atoms with Gasteiger partial charge in [-0.05, 0) is 19.3 Å². The van der Waals surface area contributed by atoms with E-state index in [4.69, 9.17) is 18.9 Å². The number of ether oxygens (including phenoxy) is 4. The Hall–Kier alpha value is -1.27. The van der Waals surface area contributed by atoms with Crippen LogP contribution < -0.4 is 5.32 Å². The maximum Gasteiger partial charge on any atom is 0.220 e. The molecular formula is C60H115NO13. The predicted molar refractivity (Wildman–Crippen MR) is 295 cm³/mol. The number of hydrogen-bond donors (Lipinski definition) is 9. The molecule has 2 heterocycles. The quantitative estimate of drug-likeness (QED) is 0.0204. The fraction of sp³-hybridized carbons (Fsp3) is 0.950. The molecule has 0 aromatic carbocycles. The first-order chi connectivity index (χ1) is 36.1. The lowest BCUT2D eigenvalue weighted by Crippen LogP contribution is -2.65. The van der Waals surface area contributed by atoms with E-state index in [1.807, 2.05) is 6.08 Å². The predicted octanol–water partition coefficient (Wildman–Crippen LogP) is 10.7. The molecule has 0 aromatic rings. The zero-order valence-electron chi connectivity index (χ0n) is 47.1. The highest BCUT2D eigenvalue weighted by Crippen LogP contribution is 2.30. The molecule has 0 bridgehead atoms. The summed E-state index contributed by atoms with van der Waals surface area (Å²) in [5, 5.41) is 87.1. The lowest BCUT2D eigenvalue weighted by molar-refractivity contribution is -0.359. The second-order valence-electron chi connectivity index (χ2n) is 22.2. The molecule has 2 aliphatic heterocycles. The zero-order valence-corrected chi connectivity index (χ0v) is 47.1. The van der Waals surface area contributed by atoms with Crippen LogP contribution in [0.5, 0.6) is 0 Å². The van der Waals surface area contributed by atoms with Crippen LogP contribution in [0.1, 0.15) is 271 Å². The van der Waals surface area contributed by atoms with Gasteiger partial charge >= 0.3 is 0 Å². The highest BCUT2D eigenvalue weighted by molar-refractivity contribution is 5.76. The molecule has 0 aromatic heterocycles. The summed E-state index contributed by atoms with van der Waals surface area (Å²) in [7, 11) is 0. The number of hydrogen-bond acceptors (Lipinski definition) is 13. The molecule has 2 aliphatic rings. The summed E-state index contributed by atoms with van der Waals surface area (Å²) in [4.78, 5) is 13.3. The molecule has 4 unspecified atom stereocenters. The smallest absolute Gasteiger partial charge is 0.220 e. The normalized spacial score (nSPS) is 25.2. The SMILES string of the molecule is CCCCCCCCCCCCCCCC/C=C/[C@@H](O)[C@H](CO[C@@H]1O[C@H](CO)[C@@H](O[C@@H]2O[C@H](CO)[C@H](O)C(O)C2O)C(O)C1O)NC(=O)CCCCCCCCCCCCCCCCCCCCCCCCCC. The zero-order chi connectivity index (χ0) is 53.9. The van der Waals surface area contributed by atoms with E-state index in [1.165, 1.54) is 205 Å². The molecule has 2 rings (SSSR count). The Morgan fingerprint density at radius 2 is 0.838 bits per heavy atom. The third kappa shape index (κ3) is 32.0. The molecule has 12 atom stereocenters. The lowest BCUT2D eigenvalue weighted by Gasteiger charge is -2.46. The van der Waals surface area contributed by atoms with E-state index in [1.54, 1.807) is 6.08 Å². The number of aliphatic hydroxyl groups excluding tert-OH is 8. The fourth-order valence-corrected chi connectivity index (χ4v) is 10.5. The van der Waals surface area contributed by atoms with Crippen LogP contribution in [0, 0.1) is 0 Å². The summed E-state index contributed by atoms with van der Waals surface area (Å²) in [6.07, 6.45) is 36.8. The van der Waals surface area contributed by atoms with Crippen LogP contribution in [0.15, 0.2) is 12.2 Å². The van der Waals surface area contributed by atoms with Crippen LogP contribution in [-0.4, -0.2) is 140 Å². The molecule has 2 fully saturated rings. The average molecular weight is 1060 g/mol. The van der Waals surface area contributed by atoms with Crippen LogP contribution in [0.2, 0.25) is 0 Å². The number of unbranched alkanes of at least 4 members (excludes halogenated alkanes) is 37. The van der Waals surface area contributed by atoms with Crippen LogP contribution in [0.25, 0.3) is 0 Å². The van der Waals surface area contributed by atoms with Gasteiger partial charge < -0.3 is 65.1 Å². The molecule has 74 heavy (non-hydrogen) atoms. The molecule has 9 N–H and O–H groups in total. The molecule has 0 aliphatic carbocycles. The Bertz CT molecular complexity index is 1290. The molecule has 14 heteroatoms. The standard InChI is InChI=1S/C60H115NO13/c1-3-5-7-9-11-13-15-17-19-21-22-23-24-25-26-27-28-30-32-34-36-38-40-42-44-52(65)61-48(49(64)43-41-39-37-35-33-31-29-20-18-16-14-12-10-8-6-4-2)47-71-59-57(70)55(68)58(51(46-63)73-59)74-60-56(69)54(67)53(66)50(45-62)72-60/h41,43,48-51,53-60,62-64,66-70H,3-40,42,44-47H2,1-2H3,(H,61,65)/b43-41+/t48-,49+,50+,51+,53-,54?,55?,56?,57?,58+,59+,60-/m0/s1. The third-order valence-corrected chi connectivity index (χ3v) is 15.5.